The van der Waals surface area contributed by atoms with E-state index in [1.807, 2.05) is 6.92 Å². The molecule has 146 valence electrons. The molecule has 1 heterocycles. The molecule has 0 saturated carbocycles. The van der Waals surface area contributed by atoms with Crippen molar-refractivity contribution >= 4 is 54.6 Å². The maximum absolute atomic E-state index is 12.7. The molecule has 1 aromatic heterocycles. The van der Waals surface area contributed by atoms with Gasteiger partial charge in [-0.1, -0.05) is 12.1 Å². The Morgan fingerprint density at radius 1 is 1.11 bits per heavy atom. The molecule has 2 N–H and O–H groups in total. The highest BCUT2D eigenvalue weighted by molar-refractivity contribution is 9.10. The molecular weight excluding hydrogens is 464 g/mol. The number of thiophene rings is 1. The number of sulfonamides is 1. The van der Waals surface area contributed by atoms with Gasteiger partial charge in [-0.15, -0.1) is 11.3 Å². The number of ether oxygens (including phenoxy) is 1. The normalized spacial score (nSPS) is 11.1. The Balaban J connectivity index is 1.78. The number of nitrogens with one attached hydrogen (secondary N) is 2. The first kappa shape index (κ1) is 20.4. The van der Waals surface area contributed by atoms with Crippen LogP contribution in [0.2, 0.25) is 0 Å². The van der Waals surface area contributed by atoms with Crippen molar-refractivity contribution in [3.05, 3.63) is 69.3 Å². The Morgan fingerprint density at radius 2 is 1.93 bits per heavy atom. The molecule has 0 unspecified atom stereocenters. The van der Waals surface area contributed by atoms with Gasteiger partial charge >= 0.3 is 0 Å². The largest absolute Gasteiger partial charge is 0.493 e. The molecule has 0 aliphatic rings. The van der Waals surface area contributed by atoms with Crippen molar-refractivity contribution in [2.24, 2.45) is 0 Å². The molecule has 0 aliphatic heterocycles. The Kier molecular flexibility index (Phi) is 6.38. The second-order valence-electron chi connectivity index (χ2n) is 5.64. The van der Waals surface area contributed by atoms with Crippen LogP contribution < -0.4 is 14.8 Å². The summed E-state index contributed by atoms with van der Waals surface area (Å²) in [5, 5.41) is 4.51. The smallest absolute Gasteiger partial charge is 0.265 e. The fourth-order valence-electron chi connectivity index (χ4n) is 2.39. The summed E-state index contributed by atoms with van der Waals surface area (Å²) in [6.45, 7) is 2.38. The molecule has 9 heteroatoms. The summed E-state index contributed by atoms with van der Waals surface area (Å²) < 4.78 is 34.0. The minimum atomic E-state index is -3.83. The number of carbonyl (C=O) groups is 1. The van der Waals surface area contributed by atoms with Gasteiger partial charge in [0.25, 0.3) is 15.9 Å². The third-order valence-corrected chi connectivity index (χ3v) is 6.50. The van der Waals surface area contributed by atoms with Crippen molar-refractivity contribution in [1.82, 2.24) is 0 Å². The lowest BCUT2D eigenvalue weighted by Crippen LogP contribution is -2.14. The molecule has 0 bridgehead atoms. The average Bonchev–Trinajstić information content (AvgIpc) is 3.19. The first-order valence-electron chi connectivity index (χ1n) is 8.29. The van der Waals surface area contributed by atoms with Gasteiger partial charge in [0.15, 0.2) is 0 Å². The van der Waals surface area contributed by atoms with Crippen LogP contribution in [0, 0.1) is 0 Å². The van der Waals surface area contributed by atoms with E-state index in [0.717, 1.165) is 0 Å². The Labute approximate surface area is 175 Å². The number of amides is 1. The van der Waals surface area contributed by atoms with Crippen molar-refractivity contribution < 1.29 is 17.9 Å². The molecule has 6 nitrogen and oxygen atoms in total. The molecule has 3 rings (SSSR count). The monoisotopic (exact) mass is 480 g/mol. The molecule has 0 spiro atoms. The van der Waals surface area contributed by atoms with Crippen LogP contribution in [0.15, 0.2) is 69.3 Å². The number of halogens is 1. The van der Waals surface area contributed by atoms with Crippen LogP contribution in [-0.4, -0.2) is 20.9 Å². The molecule has 0 atom stereocenters. The van der Waals surface area contributed by atoms with Gasteiger partial charge in [0.2, 0.25) is 0 Å². The highest BCUT2D eigenvalue weighted by Gasteiger charge is 2.16. The highest BCUT2D eigenvalue weighted by Crippen LogP contribution is 2.29. The van der Waals surface area contributed by atoms with Gasteiger partial charge in [-0.05, 0) is 70.7 Å². The zero-order valence-electron chi connectivity index (χ0n) is 14.8. The molecular formula is C19H17BrN2O4S2. The van der Waals surface area contributed by atoms with Crippen LogP contribution >= 0.6 is 27.3 Å². The average molecular weight is 481 g/mol. The molecule has 28 heavy (non-hydrogen) atoms. The van der Waals surface area contributed by atoms with E-state index in [9.17, 15) is 13.2 Å². The van der Waals surface area contributed by atoms with E-state index >= 15 is 0 Å². The van der Waals surface area contributed by atoms with Crippen molar-refractivity contribution in [3.63, 3.8) is 0 Å². The predicted molar refractivity (Wildman–Crippen MR) is 115 cm³/mol. The van der Waals surface area contributed by atoms with Crippen molar-refractivity contribution in [3.8, 4) is 5.75 Å². The number of rotatable bonds is 7. The summed E-state index contributed by atoms with van der Waals surface area (Å²) >= 11 is 4.67. The number of anilines is 2. The van der Waals surface area contributed by atoms with E-state index in [4.69, 9.17) is 4.74 Å². The van der Waals surface area contributed by atoms with Crippen molar-refractivity contribution in [1.29, 1.82) is 0 Å². The molecule has 0 radical (unpaired) electrons. The number of hydrogen-bond acceptors (Lipinski definition) is 5. The van der Waals surface area contributed by atoms with Crippen LogP contribution in [0.1, 0.15) is 16.6 Å². The van der Waals surface area contributed by atoms with E-state index in [2.05, 4.69) is 26.0 Å². The van der Waals surface area contributed by atoms with Crippen molar-refractivity contribution in [2.75, 3.05) is 16.6 Å². The second kappa shape index (κ2) is 8.76. The summed E-state index contributed by atoms with van der Waals surface area (Å²) in [6.07, 6.45) is 0. The molecule has 2 aromatic carbocycles. The molecule has 0 saturated heterocycles. The van der Waals surface area contributed by atoms with Gasteiger partial charge in [0.05, 0.1) is 26.5 Å². The lowest BCUT2D eigenvalue weighted by atomic mass is 10.3. The van der Waals surface area contributed by atoms with Crippen molar-refractivity contribution in [2.45, 2.75) is 11.8 Å². The molecule has 1 amide bonds. The quantitative estimate of drug-likeness (QED) is 0.500. The second-order valence-corrected chi connectivity index (χ2v) is 9.13. The Hall–Kier alpha value is -2.36. The summed E-state index contributed by atoms with van der Waals surface area (Å²) in [5.41, 5.74) is 0.789. The highest BCUT2D eigenvalue weighted by atomic mass is 79.9. The fourth-order valence-corrected chi connectivity index (χ4v) is 4.60. The lowest BCUT2D eigenvalue weighted by Gasteiger charge is -2.12. The van der Waals surface area contributed by atoms with E-state index < -0.39 is 10.0 Å². The Bertz CT molecular complexity index is 1080. The van der Waals surface area contributed by atoms with Gasteiger partial charge in [-0.25, -0.2) is 8.42 Å². The van der Waals surface area contributed by atoms with Crippen LogP contribution in [0.3, 0.4) is 0 Å². The van der Waals surface area contributed by atoms with Crippen LogP contribution in [0.25, 0.3) is 0 Å². The molecule has 3 aromatic rings. The SMILES string of the molecule is CCOc1ccc(NS(=O)(=O)c2cccc(NC(=O)c3cccs3)c2)cc1Br. The molecule has 0 fully saturated rings. The minimum absolute atomic E-state index is 0.0430. The maximum Gasteiger partial charge on any atom is 0.265 e. The van der Waals surface area contributed by atoms with Crippen LogP contribution in [0.4, 0.5) is 11.4 Å². The minimum Gasteiger partial charge on any atom is -0.493 e. The molecule has 0 aliphatic carbocycles. The van der Waals surface area contributed by atoms with Gasteiger partial charge in [0, 0.05) is 5.69 Å². The van der Waals surface area contributed by atoms with E-state index in [1.54, 1.807) is 47.8 Å². The number of carbonyl (C=O) groups excluding carboxylic acids is 1. The summed E-state index contributed by atoms with van der Waals surface area (Å²) in [7, 11) is -3.83. The summed E-state index contributed by atoms with van der Waals surface area (Å²) in [6, 6.07) is 14.5. The number of hydrogen-bond donors (Lipinski definition) is 2. The van der Waals surface area contributed by atoms with Gasteiger partial charge in [-0.3, -0.25) is 9.52 Å². The zero-order valence-corrected chi connectivity index (χ0v) is 18.0. The third kappa shape index (κ3) is 4.92. The maximum atomic E-state index is 12.7. The number of benzene rings is 2. The third-order valence-electron chi connectivity index (χ3n) is 3.63. The predicted octanol–water partition coefficient (Wildman–Crippen LogP) is 4.96. The first-order valence-corrected chi connectivity index (χ1v) is 11.4. The van der Waals surface area contributed by atoms with E-state index in [0.29, 0.717) is 33.1 Å². The van der Waals surface area contributed by atoms with Gasteiger partial charge in [-0.2, -0.15) is 0 Å². The topological polar surface area (TPSA) is 84.5 Å². The summed E-state index contributed by atoms with van der Waals surface area (Å²) in [5.74, 6) is 0.344. The zero-order chi connectivity index (χ0) is 20.1. The van der Waals surface area contributed by atoms with E-state index in [-0.39, 0.29) is 10.8 Å². The van der Waals surface area contributed by atoms with Gasteiger partial charge < -0.3 is 10.1 Å². The Morgan fingerprint density at radius 3 is 2.61 bits per heavy atom. The standard InChI is InChI=1S/C19H17BrN2O4S2/c1-2-26-17-9-8-14(12-16(17)20)22-28(24,25)15-6-3-5-13(11-15)21-19(23)18-7-4-10-27-18/h3-12,22H,2H2,1H3,(H,21,23). The van der Waals surface area contributed by atoms with Crippen LogP contribution in [0.5, 0.6) is 5.75 Å². The lowest BCUT2D eigenvalue weighted by molar-refractivity contribution is 0.103. The first-order chi connectivity index (χ1) is 13.4. The summed E-state index contributed by atoms with van der Waals surface area (Å²) in [4.78, 5) is 12.8. The fraction of sp³-hybridized carbons (Fsp3) is 0.105. The van der Waals surface area contributed by atoms with Crippen LogP contribution in [-0.2, 0) is 10.0 Å². The van der Waals surface area contributed by atoms with E-state index in [1.165, 1.54) is 23.5 Å². The van der Waals surface area contributed by atoms with Gasteiger partial charge in [0.1, 0.15) is 5.75 Å².